The molecule has 6 aromatic rings. The highest BCUT2D eigenvalue weighted by Gasteiger charge is 2.26. The molecule has 57 heavy (non-hydrogen) atoms. The van der Waals surface area contributed by atoms with Gasteiger partial charge in [-0.1, -0.05) is 48.5 Å². The van der Waals surface area contributed by atoms with Crippen molar-refractivity contribution in [3.8, 4) is 11.5 Å². The number of carbonyl (C=O) groups excluding carboxylic acids is 1. The van der Waals surface area contributed by atoms with Gasteiger partial charge in [0.05, 0.1) is 36.4 Å². The zero-order valence-corrected chi connectivity index (χ0v) is 31.8. The van der Waals surface area contributed by atoms with E-state index in [1.807, 2.05) is 42.7 Å². The number of pyridine rings is 4. The Labute approximate surface area is 328 Å². The maximum absolute atomic E-state index is 13.3. The second-order valence-electron chi connectivity index (χ2n) is 14.4. The van der Waals surface area contributed by atoms with Crippen LogP contribution >= 0.6 is 0 Å². The van der Waals surface area contributed by atoms with E-state index in [1.54, 1.807) is 40.2 Å². The quantitative estimate of drug-likeness (QED) is 0.221. The number of morpholine rings is 1. The van der Waals surface area contributed by atoms with Gasteiger partial charge in [0.1, 0.15) is 46.1 Å². The van der Waals surface area contributed by atoms with Crippen LogP contribution in [0.15, 0.2) is 95.0 Å². The number of hydrogen-bond donors (Lipinski definition) is 1. The first-order valence-electron chi connectivity index (χ1n) is 19.3. The Hall–Kier alpha value is -6.34. The standard InChI is InChI=1S/C24H25N3O4.C20H18N2O4/c1-2-26-15-21(24(29)27-7-9-30-10-8-27)22(28)20-13-19(14-25-23(20)26)31-18-11-16-5-3-4-6-17(16)12-18;1-2-22-11-17(20(24)25)18(23)16-9-15(10-21-19(16)22)26-14-7-12-5-3-4-6-13(12)8-14/h3-6,13-15,18H,2,7-12H2,1H3;3-6,9-11,14H,2,7-8H2,1H3,(H,24,25). The van der Waals surface area contributed by atoms with Crippen molar-refractivity contribution in [2.24, 2.45) is 0 Å². The Morgan fingerprint density at radius 1 is 0.702 bits per heavy atom. The number of aryl methyl sites for hydroxylation is 2. The summed E-state index contributed by atoms with van der Waals surface area (Å²) < 4.78 is 21.1. The minimum absolute atomic E-state index is 0.0114. The summed E-state index contributed by atoms with van der Waals surface area (Å²) in [7, 11) is 0. The van der Waals surface area contributed by atoms with Crippen molar-refractivity contribution in [1.29, 1.82) is 0 Å². The van der Waals surface area contributed by atoms with E-state index in [2.05, 4.69) is 34.2 Å². The van der Waals surface area contributed by atoms with Crippen LogP contribution in [0.5, 0.6) is 11.5 Å². The fourth-order valence-corrected chi connectivity index (χ4v) is 7.95. The molecule has 1 saturated heterocycles. The SMILES string of the molecule is CCn1cc(C(=O)N2CCOCC2)c(=O)c2cc(OC3Cc4ccccc4C3)cnc21.CCn1cc(C(=O)O)c(=O)c2cc(OC3Cc4ccccc4C3)cnc21. The Morgan fingerprint density at radius 3 is 1.54 bits per heavy atom. The molecule has 0 bridgehead atoms. The number of nitrogens with zero attached hydrogens (tertiary/aromatic N) is 5. The lowest BCUT2D eigenvalue weighted by Crippen LogP contribution is -2.42. The number of fused-ring (bicyclic) bond motifs is 4. The Balaban J connectivity index is 0.000000162. The predicted molar refractivity (Wildman–Crippen MR) is 214 cm³/mol. The number of hydrogen-bond acceptors (Lipinski definition) is 9. The molecule has 2 aromatic carbocycles. The van der Waals surface area contributed by atoms with Gasteiger partial charge in [0.15, 0.2) is 0 Å². The average Bonchev–Trinajstić information content (AvgIpc) is 3.84. The van der Waals surface area contributed by atoms with E-state index in [-0.39, 0.29) is 40.1 Å². The van der Waals surface area contributed by atoms with Gasteiger partial charge in [0.2, 0.25) is 10.9 Å². The summed E-state index contributed by atoms with van der Waals surface area (Å²) in [6.07, 6.45) is 9.53. The first-order valence-corrected chi connectivity index (χ1v) is 19.3. The number of carboxylic acid groups (broad SMARTS) is 1. The lowest BCUT2D eigenvalue weighted by molar-refractivity contribution is 0.0301. The molecule has 1 fully saturated rings. The fourth-order valence-electron chi connectivity index (χ4n) is 7.95. The minimum atomic E-state index is -1.24. The van der Waals surface area contributed by atoms with Crippen molar-refractivity contribution in [1.82, 2.24) is 24.0 Å². The summed E-state index contributed by atoms with van der Waals surface area (Å²) >= 11 is 0. The largest absolute Gasteiger partial charge is 0.488 e. The molecule has 0 unspecified atom stereocenters. The molecular weight excluding hydrogens is 727 g/mol. The molecule has 3 aliphatic rings. The van der Waals surface area contributed by atoms with Crippen LogP contribution in [0.2, 0.25) is 0 Å². The van der Waals surface area contributed by atoms with E-state index in [0.717, 1.165) is 25.7 Å². The van der Waals surface area contributed by atoms with E-state index >= 15 is 0 Å². The Morgan fingerprint density at radius 2 is 1.12 bits per heavy atom. The van der Waals surface area contributed by atoms with Gasteiger partial charge in [0, 0.05) is 64.3 Å². The summed E-state index contributed by atoms with van der Waals surface area (Å²) in [4.78, 5) is 60.7. The molecule has 0 saturated carbocycles. The van der Waals surface area contributed by atoms with Gasteiger partial charge in [-0.15, -0.1) is 0 Å². The number of aromatic nitrogens is 4. The van der Waals surface area contributed by atoms with Gasteiger partial charge in [0.25, 0.3) is 5.91 Å². The second-order valence-corrected chi connectivity index (χ2v) is 14.4. The third-order valence-electron chi connectivity index (χ3n) is 10.8. The first-order chi connectivity index (χ1) is 27.7. The lowest BCUT2D eigenvalue weighted by atomic mass is 10.1. The van der Waals surface area contributed by atoms with Crippen molar-refractivity contribution in [2.75, 3.05) is 26.3 Å². The summed E-state index contributed by atoms with van der Waals surface area (Å²) in [6.45, 7) is 6.92. The van der Waals surface area contributed by atoms with Gasteiger partial charge in [-0.05, 0) is 48.2 Å². The number of amides is 1. The van der Waals surface area contributed by atoms with Crippen molar-refractivity contribution in [2.45, 2.75) is 64.8 Å². The van der Waals surface area contributed by atoms with Crippen LogP contribution < -0.4 is 20.3 Å². The van der Waals surface area contributed by atoms with Crippen molar-refractivity contribution < 1.29 is 28.9 Å². The average molecular weight is 770 g/mol. The van der Waals surface area contributed by atoms with Crippen LogP contribution in [0.3, 0.4) is 0 Å². The number of ether oxygens (including phenoxy) is 3. The number of benzene rings is 2. The monoisotopic (exact) mass is 769 g/mol. The zero-order valence-electron chi connectivity index (χ0n) is 31.8. The Bertz CT molecular complexity index is 2580. The molecule has 2 aliphatic carbocycles. The maximum atomic E-state index is 13.3. The summed E-state index contributed by atoms with van der Waals surface area (Å²) in [5.41, 5.74) is 5.24. The predicted octanol–water partition coefficient (Wildman–Crippen LogP) is 5.10. The number of carboxylic acids is 1. The van der Waals surface area contributed by atoms with E-state index < -0.39 is 11.4 Å². The summed E-state index contributed by atoms with van der Waals surface area (Å²) in [5.74, 6) is -0.453. The second kappa shape index (κ2) is 16.0. The molecule has 1 amide bonds. The van der Waals surface area contributed by atoms with Gasteiger partial charge in [-0.3, -0.25) is 14.4 Å². The number of rotatable bonds is 8. The van der Waals surface area contributed by atoms with Crippen molar-refractivity contribution in [3.63, 3.8) is 0 Å². The molecule has 0 atom stereocenters. The van der Waals surface area contributed by atoms with Gasteiger partial charge >= 0.3 is 5.97 Å². The minimum Gasteiger partial charge on any atom is -0.488 e. The van der Waals surface area contributed by atoms with E-state index in [4.69, 9.17) is 14.2 Å². The summed E-state index contributed by atoms with van der Waals surface area (Å²) in [5, 5.41) is 9.95. The molecule has 292 valence electrons. The van der Waals surface area contributed by atoms with Crippen molar-refractivity contribution in [3.05, 3.63) is 139 Å². The molecule has 4 aromatic heterocycles. The molecule has 0 radical (unpaired) electrons. The van der Waals surface area contributed by atoms with Gasteiger partial charge in [-0.2, -0.15) is 0 Å². The molecule has 0 spiro atoms. The highest BCUT2D eigenvalue weighted by atomic mass is 16.5. The van der Waals surface area contributed by atoms with Crippen LogP contribution in [-0.4, -0.2) is 79.5 Å². The van der Waals surface area contributed by atoms with E-state index in [9.17, 15) is 24.3 Å². The van der Waals surface area contributed by atoms with Gasteiger partial charge in [-0.25, -0.2) is 14.8 Å². The smallest absolute Gasteiger partial charge is 0.341 e. The lowest BCUT2D eigenvalue weighted by Gasteiger charge is -2.27. The number of aromatic carboxylic acids is 1. The first kappa shape index (κ1) is 37.6. The zero-order chi connectivity index (χ0) is 39.6. The highest BCUT2D eigenvalue weighted by Crippen LogP contribution is 2.28. The normalized spacial score (nSPS) is 15.2. The van der Waals surface area contributed by atoms with Crippen LogP contribution in [0.1, 0.15) is 56.8 Å². The molecule has 1 N–H and O–H groups in total. The summed E-state index contributed by atoms with van der Waals surface area (Å²) in [6, 6.07) is 19.9. The Kier molecular flexibility index (Phi) is 10.6. The molecule has 5 heterocycles. The van der Waals surface area contributed by atoms with Crippen molar-refractivity contribution >= 4 is 33.9 Å². The van der Waals surface area contributed by atoms with Crippen LogP contribution in [0.4, 0.5) is 0 Å². The molecular formula is C44H43N5O8. The molecule has 13 nitrogen and oxygen atoms in total. The van der Waals surface area contributed by atoms with E-state index in [0.29, 0.717) is 67.6 Å². The third-order valence-corrected chi connectivity index (χ3v) is 10.8. The third kappa shape index (κ3) is 7.62. The molecule has 13 heteroatoms. The number of carbonyl (C=O) groups is 2. The van der Waals surface area contributed by atoms with Gasteiger partial charge < -0.3 is 33.4 Å². The van der Waals surface area contributed by atoms with E-state index in [1.165, 1.54) is 28.5 Å². The topological polar surface area (TPSA) is 155 Å². The van der Waals surface area contributed by atoms with Crippen LogP contribution in [0, 0.1) is 0 Å². The molecule has 9 rings (SSSR count). The van der Waals surface area contributed by atoms with Crippen LogP contribution in [0.25, 0.3) is 22.1 Å². The highest BCUT2D eigenvalue weighted by molar-refractivity contribution is 5.97. The fraction of sp³-hybridized carbons (Fsp3) is 0.318. The maximum Gasteiger partial charge on any atom is 0.341 e. The van der Waals surface area contributed by atoms with Crippen LogP contribution in [-0.2, 0) is 43.5 Å². The molecule has 1 aliphatic heterocycles.